The Labute approximate surface area is 137 Å². The zero-order chi connectivity index (χ0) is 16.6. The van der Waals surface area contributed by atoms with E-state index in [9.17, 15) is 17.6 Å². The molecule has 0 amide bonds. The quantitative estimate of drug-likeness (QED) is 0.513. The van der Waals surface area contributed by atoms with Crippen molar-refractivity contribution >= 4 is 12.6 Å². The van der Waals surface area contributed by atoms with E-state index in [-0.39, 0.29) is 17.0 Å². The van der Waals surface area contributed by atoms with E-state index in [1.54, 1.807) is 0 Å². The molecule has 0 bridgehead atoms. The van der Waals surface area contributed by atoms with Crippen molar-refractivity contribution in [1.82, 2.24) is 0 Å². The molecule has 23 heavy (non-hydrogen) atoms. The lowest BCUT2D eigenvalue weighted by Crippen LogP contribution is -2.13. The predicted molar refractivity (Wildman–Crippen MR) is 85.7 cm³/mol. The van der Waals surface area contributed by atoms with Gasteiger partial charge in [-0.3, -0.25) is 0 Å². The van der Waals surface area contributed by atoms with Crippen molar-refractivity contribution in [2.75, 3.05) is 0 Å². The molecule has 3 rings (SSSR count). The number of rotatable bonds is 2. The molecule has 0 saturated heterocycles. The molecule has 2 aromatic carbocycles. The van der Waals surface area contributed by atoms with E-state index >= 15 is 0 Å². The zero-order valence-electron chi connectivity index (χ0n) is 12.3. The van der Waals surface area contributed by atoms with Crippen LogP contribution in [-0.4, -0.2) is 5.25 Å². The van der Waals surface area contributed by atoms with Crippen LogP contribution in [0.15, 0.2) is 30.3 Å². The topological polar surface area (TPSA) is 0 Å². The first-order valence-corrected chi connectivity index (χ1v) is 8.09. The SMILES string of the molecule is Fc1ccc(-c2c(F)cc(C3CCC(S)CC3)cc2F)cc1F. The van der Waals surface area contributed by atoms with Crippen molar-refractivity contribution in [3.8, 4) is 11.1 Å². The van der Waals surface area contributed by atoms with Gasteiger partial charge in [-0.1, -0.05) is 6.07 Å². The monoisotopic (exact) mass is 340 g/mol. The van der Waals surface area contributed by atoms with Crippen molar-refractivity contribution in [3.05, 3.63) is 59.2 Å². The fourth-order valence-electron chi connectivity index (χ4n) is 3.17. The minimum absolute atomic E-state index is 0.00971. The number of hydrogen-bond acceptors (Lipinski definition) is 1. The van der Waals surface area contributed by atoms with Gasteiger partial charge in [-0.05, 0) is 67.0 Å². The third-order valence-corrected chi connectivity index (χ3v) is 4.96. The molecule has 0 nitrogen and oxygen atoms in total. The summed E-state index contributed by atoms with van der Waals surface area (Å²) in [5, 5.41) is 0.349. The van der Waals surface area contributed by atoms with Crippen LogP contribution in [0.5, 0.6) is 0 Å². The molecule has 1 fully saturated rings. The second kappa shape index (κ2) is 6.56. The lowest BCUT2D eigenvalue weighted by Gasteiger charge is -2.26. The first-order chi connectivity index (χ1) is 11.0. The summed E-state index contributed by atoms with van der Waals surface area (Å²) in [6, 6.07) is 5.46. The van der Waals surface area contributed by atoms with Gasteiger partial charge in [0, 0.05) is 5.25 Å². The second-order valence-corrected chi connectivity index (χ2v) is 6.72. The molecular weight excluding hydrogens is 324 g/mol. The summed E-state index contributed by atoms with van der Waals surface area (Å²) in [7, 11) is 0. The van der Waals surface area contributed by atoms with Crippen molar-refractivity contribution < 1.29 is 17.6 Å². The van der Waals surface area contributed by atoms with Crippen LogP contribution in [0, 0.1) is 23.3 Å². The Morgan fingerprint density at radius 3 is 1.91 bits per heavy atom. The van der Waals surface area contributed by atoms with E-state index in [4.69, 9.17) is 0 Å². The molecule has 0 spiro atoms. The molecule has 0 heterocycles. The van der Waals surface area contributed by atoms with Gasteiger partial charge in [-0.25, -0.2) is 17.6 Å². The van der Waals surface area contributed by atoms with Crippen LogP contribution in [0.3, 0.4) is 0 Å². The molecule has 0 unspecified atom stereocenters. The first kappa shape index (κ1) is 16.4. The van der Waals surface area contributed by atoms with Crippen LogP contribution >= 0.6 is 12.6 Å². The summed E-state index contributed by atoms with van der Waals surface area (Å²) in [5.74, 6) is -3.56. The van der Waals surface area contributed by atoms with E-state index in [1.165, 1.54) is 18.2 Å². The maximum absolute atomic E-state index is 14.4. The summed E-state index contributed by atoms with van der Waals surface area (Å²) in [5.41, 5.74) is 0.284. The molecule has 5 heteroatoms. The lowest BCUT2D eigenvalue weighted by atomic mass is 9.83. The van der Waals surface area contributed by atoms with Crippen LogP contribution in [0.2, 0.25) is 0 Å². The minimum Gasteiger partial charge on any atom is -0.206 e. The van der Waals surface area contributed by atoms with Crippen LogP contribution in [0.4, 0.5) is 17.6 Å². The number of thiol groups is 1. The molecular formula is C18H16F4S. The number of hydrogen-bond donors (Lipinski definition) is 1. The van der Waals surface area contributed by atoms with Crippen LogP contribution in [0.25, 0.3) is 11.1 Å². The Morgan fingerprint density at radius 1 is 0.739 bits per heavy atom. The highest BCUT2D eigenvalue weighted by molar-refractivity contribution is 7.80. The smallest absolute Gasteiger partial charge is 0.159 e. The van der Waals surface area contributed by atoms with Gasteiger partial charge in [0.2, 0.25) is 0 Å². The number of halogens is 4. The highest BCUT2D eigenvalue weighted by Gasteiger charge is 2.23. The summed E-state index contributed by atoms with van der Waals surface area (Å²) < 4.78 is 55.1. The molecule has 0 aliphatic heterocycles. The van der Waals surface area contributed by atoms with E-state index in [0.29, 0.717) is 10.8 Å². The van der Waals surface area contributed by atoms with Crippen LogP contribution in [-0.2, 0) is 0 Å². The fourth-order valence-corrected chi connectivity index (χ4v) is 3.46. The van der Waals surface area contributed by atoms with E-state index < -0.39 is 23.3 Å². The average molecular weight is 340 g/mol. The Kier molecular flexibility index (Phi) is 4.67. The number of benzene rings is 2. The Hall–Kier alpha value is -1.49. The minimum atomic E-state index is -1.13. The van der Waals surface area contributed by atoms with Gasteiger partial charge in [-0.15, -0.1) is 0 Å². The Morgan fingerprint density at radius 2 is 1.35 bits per heavy atom. The maximum Gasteiger partial charge on any atom is 0.159 e. The first-order valence-electron chi connectivity index (χ1n) is 7.58. The molecule has 1 saturated carbocycles. The highest BCUT2D eigenvalue weighted by atomic mass is 32.1. The molecule has 0 radical (unpaired) electrons. The van der Waals surface area contributed by atoms with Gasteiger partial charge in [0.15, 0.2) is 11.6 Å². The summed E-state index contributed by atoms with van der Waals surface area (Å²) in [6.07, 6.45) is 3.53. The summed E-state index contributed by atoms with van der Waals surface area (Å²) in [4.78, 5) is 0. The van der Waals surface area contributed by atoms with Gasteiger partial charge in [-0.2, -0.15) is 12.6 Å². The highest BCUT2D eigenvalue weighted by Crippen LogP contribution is 2.37. The van der Waals surface area contributed by atoms with Crippen molar-refractivity contribution in [1.29, 1.82) is 0 Å². The van der Waals surface area contributed by atoms with Crippen LogP contribution in [0.1, 0.15) is 37.2 Å². The van der Waals surface area contributed by atoms with E-state index in [2.05, 4.69) is 12.6 Å². The van der Waals surface area contributed by atoms with Gasteiger partial charge in [0.25, 0.3) is 0 Å². The molecule has 0 N–H and O–H groups in total. The molecule has 0 atom stereocenters. The predicted octanol–water partition coefficient (Wildman–Crippen LogP) is 5.87. The van der Waals surface area contributed by atoms with Crippen molar-refractivity contribution in [2.24, 2.45) is 0 Å². The lowest BCUT2D eigenvalue weighted by molar-refractivity contribution is 0.450. The Bertz CT molecular complexity index is 698. The van der Waals surface area contributed by atoms with Crippen molar-refractivity contribution in [2.45, 2.75) is 36.9 Å². The maximum atomic E-state index is 14.4. The molecule has 1 aliphatic rings. The van der Waals surface area contributed by atoms with Crippen LogP contribution < -0.4 is 0 Å². The van der Waals surface area contributed by atoms with Gasteiger partial charge in [0.1, 0.15) is 11.6 Å². The van der Waals surface area contributed by atoms with Crippen molar-refractivity contribution in [3.63, 3.8) is 0 Å². The molecule has 1 aliphatic carbocycles. The summed E-state index contributed by atoms with van der Waals surface area (Å²) >= 11 is 4.42. The van der Waals surface area contributed by atoms with Gasteiger partial charge in [0.05, 0.1) is 5.56 Å². The molecule has 122 valence electrons. The summed E-state index contributed by atoms with van der Waals surface area (Å²) in [6.45, 7) is 0. The fraction of sp³-hybridized carbons (Fsp3) is 0.333. The standard InChI is InChI=1S/C18H16F4S/c19-14-6-3-11(7-15(14)20)18-16(21)8-12(9-17(18)22)10-1-4-13(23)5-2-10/h3,6-10,13,23H,1-2,4-5H2. The zero-order valence-corrected chi connectivity index (χ0v) is 13.2. The third kappa shape index (κ3) is 3.39. The average Bonchev–Trinajstić information content (AvgIpc) is 2.51. The Balaban J connectivity index is 1.95. The van der Waals surface area contributed by atoms with E-state index in [0.717, 1.165) is 37.8 Å². The third-order valence-electron chi connectivity index (χ3n) is 4.44. The largest absolute Gasteiger partial charge is 0.206 e. The second-order valence-electron chi connectivity index (χ2n) is 5.99. The van der Waals surface area contributed by atoms with Gasteiger partial charge < -0.3 is 0 Å². The molecule has 2 aromatic rings. The van der Waals surface area contributed by atoms with E-state index in [1.807, 2.05) is 0 Å². The molecule has 0 aromatic heterocycles. The van der Waals surface area contributed by atoms with Gasteiger partial charge >= 0.3 is 0 Å². The normalized spacial score (nSPS) is 21.4.